The summed E-state index contributed by atoms with van der Waals surface area (Å²) in [6.45, 7) is 4.21. The van der Waals surface area contributed by atoms with E-state index in [0.717, 1.165) is 24.9 Å². The van der Waals surface area contributed by atoms with E-state index in [1.165, 1.54) is 19.4 Å². The molecule has 2 unspecified atom stereocenters. The molecule has 2 heterocycles. The van der Waals surface area contributed by atoms with Crippen LogP contribution in [0.15, 0.2) is 18.2 Å². The largest absolute Gasteiger partial charge is 0.507 e. The Morgan fingerprint density at radius 2 is 2.20 bits per heavy atom. The topological polar surface area (TPSA) is 52.6 Å². The van der Waals surface area contributed by atoms with Gasteiger partial charge in [0, 0.05) is 18.6 Å². The molecular formula is C16H22N2O2. The van der Waals surface area contributed by atoms with Gasteiger partial charge in [0.05, 0.1) is 5.56 Å². The van der Waals surface area contributed by atoms with Crippen molar-refractivity contribution in [1.29, 1.82) is 0 Å². The molecule has 3 rings (SSSR count). The van der Waals surface area contributed by atoms with Crippen molar-refractivity contribution in [1.82, 2.24) is 10.2 Å². The van der Waals surface area contributed by atoms with Gasteiger partial charge in [0.25, 0.3) is 5.91 Å². The Morgan fingerprint density at radius 1 is 1.35 bits per heavy atom. The molecule has 1 amide bonds. The third-order valence-electron chi connectivity index (χ3n) is 4.55. The van der Waals surface area contributed by atoms with E-state index < -0.39 is 0 Å². The minimum Gasteiger partial charge on any atom is -0.507 e. The molecule has 2 aliphatic heterocycles. The van der Waals surface area contributed by atoms with Crippen LogP contribution in [-0.4, -0.2) is 41.1 Å². The van der Waals surface area contributed by atoms with E-state index in [4.69, 9.17) is 0 Å². The monoisotopic (exact) mass is 274 g/mol. The Hall–Kier alpha value is -1.55. The van der Waals surface area contributed by atoms with Crippen molar-refractivity contribution in [3.63, 3.8) is 0 Å². The summed E-state index contributed by atoms with van der Waals surface area (Å²) in [5, 5.41) is 12.9. The molecule has 4 heteroatoms. The quantitative estimate of drug-likeness (QED) is 0.868. The van der Waals surface area contributed by atoms with Crippen molar-refractivity contribution in [3.8, 4) is 5.75 Å². The van der Waals surface area contributed by atoms with Crippen molar-refractivity contribution >= 4 is 5.91 Å². The highest BCUT2D eigenvalue weighted by molar-refractivity contribution is 5.97. The highest BCUT2D eigenvalue weighted by atomic mass is 16.3. The number of carbonyl (C=O) groups excluding carboxylic acids is 1. The van der Waals surface area contributed by atoms with Crippen LogP contribution >= 0.6 is 0 Å². The van der Waals surface area contributed by atoms with E-state index in [1.54, 1.807) is 12.1 Å². The van der Waals surface area contributed by atoms with Gasteiger partial charge < -0.3 is 15.3 Å². The molecule has 0 aliphatic carbocycles. The first-order valence-corrected chi connectivity index (χ1v) is 7.48. The number of fused-ring (bicyclic) bond motifs is 1. The molecule has 2 fully saturated rings. The molecule has 2 atom stereocenters. The van der Waals surface area contributed by atoms with E-state index in [2.05, 4.69) is 10.2 Å². The summed E-state index contributed by atoms with van der Waals surface area (Å²) >= 11 is 0. The molecule has 2 N–H and O–H groups in total. The highest BCUT2D eigenvalue weighted by Crippen LogP contribution is 2.27. The van der Waals surface area contributed by atoms with Crippen LogP contribution in [0.25, 0.3) is 0 Å². The van der Waals surface area contributed by atoms with Crippen LogP contribution in [0.5, 0.6) is 5.75 Å². The summed E-state index contributed by atoms with van der Waals surface area (Å²) in [4.78, 5) is 14.8. The van der Waals surface area contributed by atoms with Crippen LogP contribution in [0.4, 0.5) is 0 Å². The third-order valence-corrected chi connectivity index (χ3v) is 4.55. The van der Waals surface area contributed by atoms with Gasteiger partial charge in [-0.1, -0.05) is 11.6 Å². The lowest BCUT2D eigenvalue weighted by atomic mass is 9.97. The van der Waals surface area contributed by atoms with Crippen LogP contribution in [-0.2, 0) is 0 Å². The number of phenols is 1. The Kier molecular flexibility index (Phi) is 3.66. The van der Waals surface area contributed by atoms with Gasteiger partial charge in [-0.25, -0.2) is 0 Å². The standard InChI is InChI=1S/C16H22N2O2/c1-11-4-5-15(19)14(9-11)16(20)17-12-6-8-18-7-2-3-13(18)10-12/h4-5,9,12-13,19H,2-3,6-8,10H2,1H3,(H,17,20). The second-order valence-electron chi connectivity index (χ2n) is 6.05. The minimum absolute atomic E-state index is 0.0615. The van der Waals surface area contributed by atoms with Crippen molar-refractivity contribution in [2.45, 2.75) is 44.7 Å². The first-order chi connectivity index (χ1) is 9.63. The predicted molar refractivity (Wildman–Crippen MR) is 77.9 cm³/mol. The summed E-state index contributed by atoms with van der Waals surface area (Å²) in [6.07, 6.45) is 4.58. The fourth-order valence-corrected chi connectivity index (χ4v) is 3.45. The lowest BCUT2D eigenvalue weighted by Gasteiger charge is -2.35. The summed E-state index contributed by atoms with van der Waals surface area (Å²) in [6, 6.07) is 6.02. The first-order valence-electron chi connectivity index (χ1n) is 7.48. The van der Waals surface area contributed by atoms with Gasteiger partial charge in [-0.05, 0) is 51.3 Å². The Bertz CT molecular complexity index is 515. The number of rotatable bonds is 2. The molecule has 0 spiro atoms. The number of nitrogens with one attached hydrogen (secondary N) is 1. The number of hydrogen-bond acceptors (Lipinski definition) is 3. The number of benzene rings is 1. The second kappa shape index (κ2) is 5.44. The molecule has 20 heavy (non-hydrogen) atoms. The lowest BCUT2D eigenvalue weighted by Crippen LogP contribution is -2.47. The molecular weight excluding hydrogens is 252 g/mol. The van der Waals surface area contributed by atoms with Crippen LogP contribution in [0, 0.1) is 6.92 Å². The first kappa shape index (κ1) is 13.4. The number of hydrogen-bond donors (Lipinski definition) is 2. The van der Waals surface area contributed by atoms with Gasteiger partial charge in [-0.3, -0.25) is 4.79 Å². The Labute approximate surface area is 119 Å². The van der Waals surface area contributed by atoms with Gasteiger partial charge in [0.15, 0.2) is 0 Å². The molecule has 0 bridgehead atoms. The zero-order chi connectivity index (χ0) is 14.1. The maximum absolute atomic E-state index is 12.3. The summed E-state index contributed by atoms with van der Waals surface area (Å²) < 4.78 is 0. The zero-order valence-corrected chi connectivity index (χ0v) is 11.9. The maximum Gasteiger partial charge on any atom is 0.255 e. The number of carbonyl (C=O) groups is 1. The third kappa shape index (κ3) is 2.66. The molecule has 0 saturated carbocycles. The van der Waals surface area contributed by atoms with E-state index in [9.17, 15) is 9.90 Å². The molecule has 4 nitrogen and oxygen atoms in total. The minimum atomic E-state index is -0.150. The maximum atomic E-state index is 12.3. The number of piperidine rings is 1. The molecule has 0 radical (unpaired) electrons. The van der Waals surface area contributed by atoms with Gasteiger partial charge >= 0.3 is 0 Å². The second-order valence-corrected chi connectivity index (χ2v) is 6.05. The Balaban J connectivity index is 1.65. The van der Waals surface area contributed by atoms with Crippen LogP contribution < -0.4 is 5.32 Å². The van der Waals surface area contributed by atoms with E-state index in [-0.39, 0.29) is 17.7 Å². The van der Waals surface area contributed by atoms with Crippen LogP contribution in [0.3, 0.4) is 0 Å². The number of amides is 1. The average molecular weight is 274 g/mol. The lowest BCUT2D eigenvalue weighted by molar-refractivity contribution is 0.0893. The van der Waals surface area contributed by atoms with E-state index >= 15 is 0 Å². The average Bonchev–Trinajstić information content (AvgIpc) is 2.89. The number of phenolic OH excluding ortho intramolecular Hbond substituents is 1. The van der Waals surface area contributed by atoms with E-state index in [1.807, 2.05) is 13.0 Å². The number of aromatic hydroxyl groups is 1. The van der Waals surface area contributed by atoms with Gasteiger partial charge in [0.1, 0.15) is 5.75 Å². The molecule has 1 aromatic carbocycles. The summed E-state index contributed by atoms with van der Waals surface area (Å²) in [7, 11) is 0. The summed E-state index contributed by atoms with van der Waals surface area (Å²) in [5.41, 5.74) is 1.37. The van der Waals surface area contributed by atoms with Crippen molar-refractivity contribution in [3.05, 3.63) is 29.3 Å². The molecule has 2 aliphatic rings. The van der Waals surface area contributed by atoms with E-state index in [0.29, 0.717) is 11.6 Å². The van der Waals surface area contributed by atoms with Crippen molar-refractivity contribution < 1.29 is 9.90 Å². The summed E-state index contributed by atoms with van der Waals surface area (Å²) in [5.74, 6) is -0.0888. The van der Waals surface area contributed by atoms with Gasteiger partial charge in [-0.15, -0.1) is 0 Å². The molecule has 2 saturated heterocycles. The fraction of sp³-hybridized carbons (Fsp3) is 0.562. The highest BCUT2D eigenvalue weighted by Gasteiger charge is 2.32. The zero-order valence-electron chi connectivity index (χ0n) is 11.9. The van der Waals surface area contributed by atoms with Gasteiger partial charge in [0.2, 0.25) is 0 Å². The number of aryl methyl sites for hydroxylation is 1. The molecule has 108 valence electrons. The Morgan fingerprint density at radius 3 is 3.05 bits per heavy atom. The predicted octanol–water partition coefficient (Wildman–Crippen LogP) is 2.06. The molecule has 1 aromatic rings. The smallest absolute Gasteiger partial charge is 0.255 e. The SMILES string of the molecule is Cc1ccc(O)c(C(=O)NC2CCN3CCCC3C2)c1. The van der Waals surface area contributed by atoms with Crippen LogP contribution in [0.2, 0.25) is 0 Å². The number of nitrogens with zero attached hydrogens (tertiary/aromatic N) is 1. The van der Waals surface area contributed by atoms with Crippen LogP contribution in [0.1, 0.15) is 41.6 Å². The normalized spacial score (nSPS) is 26.2. The van der Waals surface area contributed by atoms with Crippen molar-refractivity contribution in [2.75, 3.05) is 13.1 Å². The van der Waals surface area contributed by atoms with Gasteiger partial charge in [-0.2, -0.15) is 0 Å². The van der Waals surface area contributed by atoms with Crippen molar-refractivity contribution in [2.24, 2.45) is 0 Å². The fourth-order valence-electron chi connectivity index (χ4n) is 3.45. The molecule has 0 aromatic heterocycles.